The molecule has 1 atom stereocenters. The molecule has 0 aliphatic heterocycles. The van der Waals surface area contributed by atoms with Gasteiger partial charge < -0.3 is 4.74 Å². The average Bonchev–Trinajstić information content (AvgIpc) is 2.79. The van der Waals surface area contributed by atoms with Crippen molar-refractivity contribution in [3.8, 4) is 6.07 Å². The predicted octanol–water partition coefficient (Wildman–Crippen LogP) is 4.58. The lowest BCUT2D eigenvalue weighted by molar-refractivity contribution is -0.148. The van der Waals surface area contributed by atoms with Gasteiger partial charge in [0.2, 0.25) is 10.0 Å². The van der Waals surface area contributed by atoms with Crippen LogP contribution in [0.5, 0.6) is 0 Å². The van der Waals surface area contributed by atoms with Gasteiger partial charge in [-0.15, -0.1) is 6.58 Å². The number of halogens is 1. The molecule has 8 heteroatoms. The lowest BCUT2D eigenvalue weighted by atomic mass is 10.1. The molecule has 0 fully saturated rings. The van der Waals surface area contributed by atoms with Crippen molar-refractivity contribution >= 4 is 38.6 Å². The van der Waals surface area contributed by atoms with Crippen molar-refractivity contribution in [2.75, 3.05) is 6.61 Å². The van der Waals surface area contributed by atoms with Gasteiger partial charge in [0.25, 0.3) is 0 Å². The molecule has 31 heavy (non-hydrogen) atoms. The van der Waals surface area contributed by atoms with Gasteiger partial charge in [-0.25, -0.2) is 8.42 Å². The van der Waals surface area contributed by atoms with Crippen LogP contribution in [0, 0.1) is 11.3 Å². The Bertz CT molecular complexity index is 1030. The summed E-state index contributed by atoms with van der Waals surface area (Å²) in [6, 6.07) is 14.3. The van der Waals surface area contributed by atoms with E-state index < -0.39 is 22.0 Å². The molecule has 164 valence electrons. The summed E-state index contributed by atoms with van der Waals surface area (Å²) in [4.78, 5) is 12.9. The van der Waals surface area contributed by atoms with Gasteiger partial charge in [0, 0.05) is 11.0 Å². The van der Waals surface area contributed by atoms with Crippen molar-refractivity contribution in [1.82, 2.24) is 4.31 Å². The molecule has 2 aromatic carbocycles. The summed E-state index contributed by atoms with van der Waals surface area (Å²) >= 11 is 2.21. The van der Waals surface area contributed by atoms with Crippen molar-refractivity contribution in [3.05, 3.63) is 77.9 Å². The van der Waals surface area contributed by atoms with E-state index in [2.05, 4.69) is 29.2 Å². The first kappa shape index (κ1) is 25.0. The van der Waals surface area contributed by atoms with E-state index >= 15 is 0 Å². The zero-order chi connectivity index (χ0) is 22.9. The highest BCUT2D eigenvalue weighted by Crippen LogP contribution is 2.25. The lowest BCUT2D eigenvalue weighted by Gasteiger charge is -2.29. The molecular formula is C23H25IN2O4S. The molecule has 0 spiro atoms. The van der Waals surface area contributed by atoms with Crippen LogP contribution in [0.3, 0.4) is 0 Å². The van der Waals surface area contributed by atoms with Crippen molar-refractivity contribution in [3.63, 3.8) is 0 Å². The second kappa shape index (κ2) is 12.0. The highest BCUT2D eigenvalue weighted by molar-refractivity contribution is 14.1. The quantitative estimate of drug-likeness (QED) is 0.176. The van der Waals surface area contributed by atoms with Gasteiger partial charge in [-0.2, -0.15) is 9.57 Å². The third-order valence-corrected chi connectivity index (χ3v) is 7.41. The Labute approximate surface area is 197 Å². The van der Waals surface area contributed by atoms with Gasteiger partial charge >= 0.3 is 5.97 Å². The number of nitriles is 1. The summed E-state index contributed by atoms with van der Waals surface area (Å²) in [6.45, 7) is 5.50. The van der Waals surface area contributed by atoms with E-state index in [0.29, 0.717) is 17.5 Å². The van der Waals surface area contributed by atoms with Gasteiger partial charge in [-0.1, -0.05) is 52.9 Å². The molecule has 0 amide bonds. The maximum atomic E-state index is 13.6. The van der Waals surface area contributed by atoms with E-state index in [1.54, 1.807) is 61.5 Å². The molecule has 0 radical (unpaired) electrons. The normalized spacial score (nSPS) is 12.2. The van der Waals surface area contributed by atoms with Crippen LogP contribution in [0.25, 0.3) is 0 Å². The third-order valence-electron chi connectivity index (χ3n) is 4.66. The topological polar surface area (TPSA) is 87.5 Å². The summed E-state index contributed by atoms with van der Waals surface area (Å²) in [5, 5.41) is 9.02. The number of rotatable bonds is 11. The largest absolute Gasteiger partial charge is 0.465 e. The second-order valence-electron chi connectivity index (χ2n) is 6.77. The van der Waals surface area contributed by atoms with E-state index in [0.717, 1.165) is 9.99 Å². The first-order valence-electron chi connectivity index (χ1n) is 9.80. The van der Waals surface area contributed by atoms with Gasteiger partial charge in [0.15, 0.2) is 0 Å². The van der Waals surface area contributed by atoms with Crippen molar-refractivity contribution in [1.29, 1.82) is 5.26 Å². The van der Waals surface area contributed by atoms with Crippen LogP contribution >= 0.6 is 22.6 Å². The van der Waals surface area contributed by atoms with E-state index in [9.17, 15) is 13.2 Å². The summed E-state index contributed by atoms with van der Waals surface area (Å²) in [5.74, 6) is -0.592. The highest BCUT2D eigenvalue weighted by Gasteiger charge is 2.36. The maximum Gasteiger partial charge on any atom is 0.324 e. The Morgan fingerprint density at radius 2 is 1.81 bits per heavy atom. The maximum absolute atomic E-state index is 13.6. The van der Waals surface area contributed by atoms with Gasteiger partial charge in [0.1, 0.15) is 6.04 Å². The van der Waals surface area contributed by atoms with E-state index in [1.807, 2.05) is 6.07 Å². The van der Waals surface area contributed by atoms with Crippen LogP contribution in [-0.4, -0.2) is 31.3 Å². The number of esters is 1. The number of sulfonamides is 1. The van der Waals surface area contributed by atoms with Gasteiger partial charge in [0.05, 0.1) is 23.1 Å². The van der Waals surface area contributed by atoms with Crippen LogP contribution in [0.2, 0.25) is 0 Å². The van der Waals surface area contributed by atoms with Crippen molar-refractivity contribution < 1.29 is 17.9 Å². The molecule has 0 heterocycles. The molecule has 0 bridgehead atoms. The molecule has 0 aromatic heterocycles. The molecular weight excluding hydrogens is 527 g/mol. The fourth-order valence-corrected chi connectivity index (χ4v) is 5.11. The Morgan fingerprint density at radius 1 is 1.19 bits per heavy atom. The molecule has 0 N–H and O–H groups in total. The Balaban J connectivity index is 2.52. The first-order valence-corrected chi connectivity index (χ1v) is 12.8. The number of hydrogen-bond acceptors (Lipinski definition) is 5. The molecule has 0 saturated carbocycles. The summed E-state index contributed by atoms with van der Waals surface area (Å²) in [6.07, 6.45) is 2.36. The number of ether oxygens (including phenoxy) is 1. The minimum absolute atomic E-state index is 0.0251. The molecule has 1 unspecified atom stereocenters. The molecule has 0 saturated heterocycles. The Hall–Kier alpha value is -2.22. The fraction of sp³-hybridized carbons (Fsp3) is 0.304. The number of nitrogens with zero attached hydrogens (tertiary/aromatic N) is 2. The first-order chi connectivity index (χ1) is 14.9. The number of allylic oxidation sites excluding steroid dienone is 1. The summed E-state index contributed by atoms with van der Waals surface area (Å²) < 4.78 is 34.4. The number of carbonyl (C=O) groups excluding carboxylic acids is 1. The van der Waals surface area contributed by atoms with Gasteiger partial charge in [-0.3, -0.25) is 4.79 Å². The Morgan fingerprint density at radius 3 is 2.32 bits per heavy atom. The monoisotopic (exact) mass is 552 g/mol. The average molecular weight is 552 g/mol. The van der Waals surface area contributed by atoms with E-state index in [-0.39, 0.29) is 24.5 Å². The van der Waals surface area contributed by atoms with Gasteiger partial charge in [-0.05, 0) is 55.2 Å². The predicted molar refractivity (Wildman–Crippen MR) is 128 cm³/mol. The fourth-order valence-electron chi connectivity index (χ4n) is 3.01. The van der Waals surface area contributed by atoms with Crippen LogP contribution in [0.1, 0.15) is 36.5 Å². The van der Waals surface area contributed by atoms with Crippen molar-refractivity contribution in [2.45, 2.75) is 41.7 Å². The number of hydrogen-bond donors (Lipinski definition) is 0. The lowest BCUT2D eigenvalue weighted by Crippen LogP contribution is -2.45. The minimum Gasteiger partial charge on any atom is -0.465 e. The Kier molecular flexibility index (Phi) is 9.68. The highest BCUT2D eigenvalue weighted by atomic mass is 127. The van der Waals surface area contributed by atoms with E-state index in [1.165, 1.54) is 4.31 Å². The molecule has 2 aromatic rings. The second-order valence-corrected chi connectivity index (χ2v) is 9.42. The van der Waals surface area contributed by atoms with Crippen LogP contribution < -0.4 is 0 Å². The summed E-state index contributed by atoms with van der Waals surface area (Å²) in [7, 11) is -4.00. The van der Waals surface area contributed by atoms with Crippen LogP contribution in [0.15, 0.2) is 66.1 Å². The third kappa shape index (κ3) is 6.63. The van der Waals surface area contributed by atoms with Crippen molar-refractivity contribution in [2.24, 2.45) is 0 Å². The zero-order valence-corrected chi connectivity index (χ0v) is 20.3. The van der Waals surface area contributed by atoms with Crippen LogP contribution in [0.4, 0.5) is 0 Å². The SMILES string of the molecule is C=CCCC(C(=O)OCC)N(Cc1ccc(C#N)cc1)S(=O)(=O)c1ccc(CI)cc1. The molecule has 2 rings (SSSR count). The number of benzene rings is 2. The van der Waals surface area contributed by atoms with Crippen LogP contribution in [-0.2, 0) is 30.5 Å². The number of carbonyl (C=O) groups is 1. The molecule has 0 aliphatic carbocycles. The molecule has 0 aliphatic rings. The standard InChI is InChI=1S/C23H25IN2O4S/c1-3-5-6-22(23(27)30-4-2)26(17-20-9-7-19(16-25)8-10-20)31(28,29)21-13-11-18(15-24)12-14-21/h3,7-14,22H,1,4-6,15,17H2,2H3. The summed E-state index contributed by atoms with van der Waals surface area (Å²) in [5.41, 5.74) is 2.15. The smallest absolute Gasteiger partial charge is 0.324 e. The number of alkyl halides is 1. The zero-order valence-electron chi connectivity index (χ0n) is 17.3. The van der Waals surface area contributed by atoms with E-state index in [4.69, 9.17) is 10.00 Å². The minimum atomic E-state index is -4.00. The molecule has 6 nitrogen and oxygen atoms in total.